The number of para-hydroxylation sites is 1. The maximum atomic E-state index is 10.6. The van der Waals surface area contributed by atoms with Gasteiger partial charge in [-0.15, -0.1) is 6.58 Å². The first-order valence-electron chi connectivity index (χ1n) is 3.66. The number of hydrogen-bond acceptors (Lipinski definition) is 2. The molecule has 0 fully saturated rings. The minimum absolute atomic E-state index is 0.0146. The fourth-order valence-electron chi connectivity index (χ4n) is 1.01. The third-order valence-corrected chi connectivity index (χ3v) is 2.82. The van der Waals surface area contributed by atoms with Gasteiger partial charge in [0.15, 0.2) is 0 Å². The maximum absolute atomic E-state index is 10.6. The van der Waals surface area contributed by atoms with Gasteiger partial charge in [-0.25, -0.2) is 0 Å². The number of nitro groups is 1. The summed E-state index contributed by atoms with van der Waals surface area (Å²) in [4.78, 5) is 10.2. The maximum Gasteiger partial charge on any atom is 0.273 e. The number of nitrogens with zero attached hydrogens (tertiary/aromatic N) is 1. The van der Waals surface area contributed by atoms with E-state index in [1.807, 2.05) is 0 Å². The third kappa shape index (κ3) is 2.27. The van der Waals surface area contributed by atoms with E-state index in [9.17, 15) is 10.1 Å². The first kappa shape index (κ1) is 10.2. The molecule has 0 saturated heterocycles. The van der Waals surface area contributed by atoms with Gasteiger partial charge in [0.05, 0.1) is 8.85 Å². The van der Waals surface area contributed by atoms with Gasteiger partial charge >= 0.3 is 0 Å². The molecule has 4 heteroatoms. The van der Waals surface area contributed by atoms with Crippen LogP contribution in [0.15, 0.2) is 36.9 Å². The van der Waals surface area contributed by atoms with Crippen LogP contribution in [0, 0.1) is 10.1 Å². The van der Waals surface area contributed by atoms with Gasteiger partial charge in [-0.05, 0) is 0 Å². The zero-order valence-corrected chi connectivity index (χ0v) is 8.97. The Kier molecular flexibility index (Phi) is 3.41. The number of nitro benzene ring substituents is 1. The van der Waals surface area contributed by atoms with E-state index in [1.165, 1.54) is 6.07 Å². The Morgan fingerprint density at radius 1 is 1.54 bits per heavy atom. The summed E-state index contributed by atoms with van der Waals surface area (Å²) in [5.74, 6) is 0. The SMILES string of the molecule is C=CC(I)c1ccccc1[N+](=O)[O-]. The Morgan fingerprint density at radius 3 is 2.69 bits per heavy atom. The molecule has 3 nitrogen and oxygen atoms in total. The Labute approximate surface area is 89.8 Å². The average molecular weight is 289 g/mol. The van der Waals surface area contributed by atoms with E-state index in [1.54, 1.807) is 24.3 Å². The smallest absolute Gasteiger partial charge is 0.258 e. The van der Waals surface area contributed by atoms with Gasteiger partial charge in [0, 0.05) is 11.6 Å². The molecular weight excluding hydrogens is 281 g/mol. The molecule has 1 unspecified atom stereocenters. The van der Waals surface area contributed by atoms with Gasteiger partial charge in [-0.2, -0.15) is 0 Å². The van der Waals surface area contributed by atoms with Crippen LogP contribution in [0.4, 0.5) is 5.69 Å². The Morgan fingerprint density at radius 2 is 2.15 bits per heavy atom. The molecule has 0 amide bonds. The summed E-state index contributed by atoms with van der Waals surface area (Å²) in [6.45, 7) is 3.61. The molecule has 1 atom stereocenters. The highest BCUT2D eigenvalue weighted by Crippen LogP contribution is 2.31. The first-order valence-corrected chi connectivity index (χ1v) is 4.91. The van der Waals surface area contributed by atoms with Gasteiger partial charge in [-0.3, -0.25) is 10.1 Å². The first-order chi connectivity index (χ1) is 6.16. The molecule has 0 N–H and O–H groups in total. The molecule has 13 heavy (non-hydrogen) atoms. The monoisotopic (exact) mass is 289 g/mol. The van der Waals surface area contributed by atoms with E-state index in [2.05, 4.69) is 29.2 Å². The van der Waals surface area contributed by atoms with Crippen LogP contribution in [0.5, 0.6) is 0 Å². The molecule has 0 bridgehead atoms. The Hall–Kier alpha value is -0.910. The zero-order chi connectivity index (χ0) is 9.84. The van der Waals surface area contributed by atoms with Crippen LogP contribution in [0.25, 0.3) is 0 Å². The van der Waals surface area contributed by atoms with Crippen molar-refractivity contribution in [3.63, 3.8) is 0 Å². The topological polar surface area (TPSA) is 43.1 Å². The number of rotatable bonds is 3. The predicted octanol–water partition coefficient (Wildman–Crippen LogP) is 3.26. The van der Waals surface area contributed by atoms with Crippen molar-refractivity contribution in [3.8, 4) is 0 Å². The molecule has 68 valence electrons. The van der Waals surface area contributed by atoms with Crippen molar-refractivity contribution in [3.05, 3.63) is 52.6 Å². The lowest BCUT2D eigenvalue weighted by Gasteiger charge is -2.04. The summed E-state index contributed by atoms with van der Waals surface area (Å²) < 4.78 is -0.0146. The highest BCUT2D eigenvalue weighted by Gasteiger charge is 2.16. The molecule has 0 aliphatic heterocycles. The van der Waals surface area contributed by atoms with Crippen molar-refractivity contribution in [2.24, 2.45) is 0 Å². The number of halogens is 1. The fourth-order valence-corrected chi connectivity index (χ4v) is 1.54. The van der Waals surface area contributed by atoms with E-state index in [4.69, 9.17) is 0 Å². The minimum Gasteiger partial charge on any atom is -0.258 e. The van der Waals surface area contributed by atoms with Crippen LogP contribution in [-0.2, 0) is 0 Å². The number of hydrogen-bond donors (Lipinski definition) is 0. The number of alkyl halides is 1. The lowest BCUT2D eigenvalue weighted by atomic mass is 10.1. The van der Waals surface area contributed by atoms with Crippen LogP contribution in [0.2, 0.25) is 0 Å². The highest BCUT2D eigenvalue weighted by atomic mass is 127. The average Bonchev–Trinajstić information content (AvgIpc) is 2.16. The fraction of sp³-hybridized carbons (Fsp3) is 0.111. The Balaban J connectivity index is 3.19. The van der Waals surface area contributed by atoms with E-state index in [0.29, 0.717) is 5.56 Å². The van der Waals surface area contributed by atoms with Gasteiger partial charge in [0.25, 0.3) is 5.69 Å². The van der Waals surface area contributed by atoms with Crippen LogP contribution in [0.1, 0.15) is 9.49 Å². The summed E-state index contributed by atoms with van der Waals surface area (Å²) in [7, 11) is 0. The zero-order valence-electron chi connectivity index (χ0n) is 6.81. The van der Waals surface area contributed by atoms with Crippen molar-refractivity contribution < 1.29 is 4.92 Å². The molecular formula is C9H8INO2. The summed E-state index contributed by atoms with van der Waals surface area (Å²) >= 11 is 2.11. The van der Waals surface area contributed by atoms with Crippen LogP contribution >= 0.6 is 22.6 Å². The van der Waals surface area contributed by atoms with Crippen LogP contribution in [0.3, 0.4) is 0 Å². The molecule has 0 aromatic heterocycles. The van der Waals surface area contributed by atoms with Gasteiger partial charge in [-0.1, -0.05) is 46.9 Å². The van der Waals surface area contributed by atoms with Crippen molar-refractivity contribution in [2.45, 2.75) is 3.92 Å². The molecule has 1 rings (SSSR count). The number of allylic oxidation sites excluding steroid dienone is 1. The highest BCUT2D eigenvalue weighted by molar-refractivity contribution is 14.1. The molecule has 0 heterocycles. The lowest BCUT2D eigenvalue weighted by molar-refractivity contribution is -0.385. The minimum atomic E-state index is -0.371. The van der Waals surface area contributed by atoms with E-state index < -0.39 is 0 Å². The van der Waals surface area contributed by atoms with Crippen molar-refractivity contribution in [2.75, 3.05) is 0 Å². The normalized spacial score (nSPS) is 12.1. The van der Waals surface area contributed by atoms with Crippen LogP contribution in [-0.4, -0.2) is 4.92 Å². The second-order valence-electron chi connectivity index (χ2n) is 2.45. The molecule has 0 radical (unpaired) electrons. The molecule has 0 aliphatic carbocycles. The standard InChI is InChI=1S/C9H8INO2/c1-2-8(10)7-5-3-4-6-9(7)11(12)13/h2-6,8H,1H2. The molecule has 0 saturated carbocycles. The van der Waals surface area contributed by atoms with E-state index in [0.717, 1.165) is 0 Å². The van der Waals surface area contributed by atoms with E-state index >= 15 is 0 Å². The second-order valence-corrected chi connectivity index (χ2v) is 3.80. The molecule has 1 aromatic carbocycles. The largest absolute Gasteiger partial charge is 0.273 e. The summed E-state index contributed by atoms with van der Waals surface area (Å²) in [5.41, 5.74) is 0.852. The lowest BCUT2D eigenvalue weighted by Crippen LogP contribution is -1.95. The van der Waals surface area contributed by atoms with Crippen LogP contribution < -0.4 is 0 Å². The summed E-state index contributed by atoms with van der Waals surface area (Å²) in [6.07, 6.45) is 1.68. The van der Waals surface area contributed by atoms with Crippen molar-refractivity contribution in [1.82, 2.24) is 0 Å². The van der Waals surface area contributed by atoms with E-state index in [-0.39, 0.29) is 14.5 Å². The Bertz CT molecular complexity index is 338. The molecule has 0 spiro atoms. The predicted molar refractivity (Wildman–Crippen MR) is 60.1 cm³/mol. The quantitative estimate of drug-likeness (QED) is 0.282. The van der Waals surface area contributed by atoms with Crippen molar-refractivity contribution in [1.29, 1.82) is 0 Å². The summed E-state index contributed by atoms with van der Waals surface area (Å²) in [6, 6.07) is 6.70. The third-order valence-electron chi connectivity index (χ3n) is 1.64. The second kappa shape index (κ2) is 4.36. The summed E-state index contributed by atoms with van der Waals surface area (Å²) in [5, 5.41) is 10.6. The van der Waals surface area contributed by atoms with Crippen molar-refractivity contribution >= 4 is 28.3 Å². The molecule has 1 aromatic rings. The molecule has 0 aliphatic rings. The number of benzene rings is 1. The van der Waals surface area contributed by atoms with Gasteiger partial charge in [0.1, 0.15) is 0 Å². The van der Waals surface area contributed by atoms with Gasteiger partial charge in [0.2, 0.25) is 0 Å². The van der Waals surface area contributed by atoms with Gasteiger partial charge < -0.3 is 0 Å².